The topological polar surface area (TPSA) is 122 Å². The van der Waals surface area contributed by atoms with Gasteiger partial charge in [0.25, 0.3) is 5.70 Å². The molecule has 0 fully saturated rings. The van der Waals surface area contributed by atoms with Crippen molar-refractivity contribution in [2.45, 2.75) is 12.7 Å². The Kier molecular flexibility index (Phi) is 8.37. The third kappa shape index (κ3) is 5.60. The van der Waals surface area contributed by atoms with Gasteiger partial charge in [-0.15, -0.1) is 26.3 Å². The summed E-state index contributed by atoms with van der Waals surface area (Å²) >= 11 is 0. The third-order valence-electron chi connectivity index (χ3n) is 7.22. The Bertz CT molecular complexity index is 2240. The largest absolute Gasteiger partial charge is 0.573 e. The number of nitriles is 4. The highest BCUT2D eigenvalue weighted by Gasteiger charge is 2.44. The zero-order chi connectivity index (χ0) is 36.7. The van der Waals surface area contributed by atoms with E-state index in [4.69, 9.17) is 13.1 Å². The zero-order valence-corrected chi connectivity index (χ0v) is 24.1. The van der Waals surface area contributed by atoms with Gasteiger partial charge in [0.1, 0.15) is 41.1 Å². The van der Waals surface area contributed by atoms with Gasteiger partial charge in [0.2, 0.25) is 5.70 Å². The van der Waals surface area contributed by atoms with E-state index >= 15 is 8.78 Å². The lowest BCUT2D eigenvalue weighted by Crippen LogP contribution is -2.17. The molecule has 2 aliphatic rings. The molecule has 50 heavy (non-hydrogen) atoms. The van der Waals surface area contributed by atoms with Gasteiger partial charge >= 0.3 is 12.7 Å². The molecule has 0 N–H and O–H groups in total. The van der Waals surface area contributed by atoms with E-state index in [1.54, 1.807) is 6.07 Å². The van der Waals surface area contributed by atoms with Crippen LogP contribution in [0.2, 0.25) is 0 Å². The number of benzene rings is 3. The molecule has 0 radical (unpaired) electrons. The molecule has 0 bridgehead atoms. The van der Waals surface area contributed by atoms with Gasteiger partial charge in [-0.2, -0.15) is 15.8 Å². The Hall–Kier alpha value is -7.40. The molecule has 0 amide bonds. The maximum Gasteiger partial charge on any atom is 0.573 e. The molecule has 8 nitrogen and oxygen atoms in total. The molecule has 5 rings (SSSR count). The summed E-state index contributed by atoms with van der Waals surface area (Å²) in [6.07, 6.45) is -10.5. The van der Waals surface area contributed by atoms with E-state index in [0.717, 1.165) is 48.5 Å². The lowest BCUT2D eigenvalue weighted by molar-refractivity contribution is -0.275. The number of allylic oxidation sites excluding steroid dienone is 7. The van der Waals surface area contributed by atoms with E-state index in [-0.39, 0.29) is 11.1 Å². The number of ether oxygens (including phenoxy) is 2. The van der Waals surface area contributed by atoms with E-state index in [2.05, 4.69) is 19.2 Å². The number of hydrogen-bond acceptors (Lipinski definition) is 6. The molecule has 0 aromatic heterocycles. The Morgan fingerprint density at radius 2 is 1.14 bits per heavy atom. The minimum absolute atomic E-state index is 0.379. The van der Waals surface area contributed by atoms with Crippen LogP contribution in [0.4, 0.5) is 35.1 Å². The number of rotatable bonds is 4. The number of hydrogen-bond donors (Lipinski definition) is 0. The summed E-state index contributed by atoms with van der Waals surface area (Å²) in [6, 6.07) is 13.3. The molecule has 3 aromatic carbocycles. The fourth-order valence-electron chi connectivity index (χ4n) is 5.63. The molecule has 0 saturated heterocycles. The number of alkyl halides is 6. The Balaban J connectivity index is 2.16. The van der Waals surface area contributed by atoms with Crippen molar-refractivity contribution < 1.29 is 44.6 Å². The molecule has 0 spiro atoms. The molecule has 2 aliphatic carbocycles. The Morgan fingerprint density at radius 1 is 0.640 bits per heavy atom. The fraction of sp³-hybridized carbons (Fsp3) is 0.0588. The van der Waals surface area contributed by atoms with Gasteiger partial charge in [0, 0.05) is 22.3 Å². The molecule has 0 unspecified atom stereocenters. The Labute approximate surface area is 275 Å². The highest BCUT2D eigenvalue weighted by atomic mass is 19.4. The standard InChI is InChI=1S/C34H8F8N6O2/c1-47-21(14-46)26-28-22(15-5-3-7-18(9-15)49-33(37,38)39)25-20(13-45)30(35)24(17(11-43)12-44)27(25)23(29(28)32(48-2)31(26)36)16-6-4-8-19(10-16)50-34(40,41)42/h3-10H/b26-21-. The summed E-state index contributed by atoms with van der Waals surface area (Å²) in [5.41, 5.74) is -9.98. The van der Waals surface area contributed by atoms with E-state index in [1.807, 2.05) is 0 Å². The van der Waals surface area contributed by atoms with Crippen molar-refractivity contribution in [1.29, 1.82) is 21.0 Å². The molecule has 0 atom stereocenters. The molecule has 3 aromatic rings. The second kappa shape index (κ2) is 12.3. The van der Waals surface area contributed by atoms with Gasteiger partial charge in [-0.1, -0.05) is 24.3 Å². The summed E-state index contributed by atoms with van der Waals surface area (Å²) in [5, 5.41) is 39.6. The summed E-state index contributed by atoms with van der Waals surface area (Å²) < 4.78 is 120. The van der Waals surface area contributed by atoms with E-state index in [1.165, 1.54) is 18.2 Å². The molecule has 16 heteroatoms. The van der Waals surface area contributed by atoms with Gasteiger partial charge in [-0.05, 0) is 57.6 Å². The average Bonchev–Trinajstić information content (AvgIpc) is 3.49. The minimum atomic E-state index is -5.24. The van der Waals surface area contributed by atoms with Crippen LogP contribution in [-0.2, 0) is 0 Å². The second-order valence-corrected chi connectivity index (χ2v) is 9.90. The first-order valence-corrected chi connectivity index (χ1v) is 13.3. The van der Waals surface area contributed by atoms with E-state index in [0.29, 0.717) is 0 Å². The molecule has 242 valence electrons. The van der Waals surface area contributed by atoms with Gasteiger partial charge in [-0.3, -0.25) is 0 Å². The maximum absolute atomic E-state index is 16.4. The van der Waals surface area contributed by atoms with Crippen LogP contribution >= 0.6 is 0 Å². The van der Waals surface area contributed by atoms with Crippen LogP contribution in [0.3, 0.4) is 0 Å². The first-order chi connectivity index (χ1) is 23.6. The van der Waals surface area contributed by atoms with Crippen molar-refractivity contribution in [2.24, 2.45) is 0 Å². The van der Waals surface area contributed by atoms with Crippen molar-refractivity contribution in [3.05, 3.63) is 117 Å². The SMILES string of the molecule is [C-]#[N+]C1=C(F)/C(=C(/C#N)[N+]#[C-])c2c1c(-c1cccc(OC(F)(F)F)c1)c1c(c2-c2cccc(OC(F)(F)F)c2)C(C#N)=C(F)C1=C(C#N)C#N. The van der Waals surface area contributed by atoms with Crippen LogP contribution < -0.4 is 9.47 Å². The first-order valence-electron chi connectivity index (χ1n) is 13.3. The third-order valence-corrected chi connectivity index (χ3v) is 7.22. The second-order valence-electron chi connectivity index (χ2n) is 9.90. The number of nitrogens with zero attached hydrogens (tertiary/aromatic N) is 6. The van der Waals surface area contributed by atoms with Crippen molar-refractivity contribution >= 4 is 22.4 Å². The van der Waals surface area contributed by atoms with Crippen LogP contribution in [0.1, 0.15) is 22.3 Å². The van der Waals surface area contributed by atoms with Gasteiger partial charge in [-0.25, -0.2) is 23.7 Å². The van der Waals surface area contributed by atoms with Gasteiger partial charge in [0.15, 0.2) is 5.83 Å². The van der Waals surface area contributed by atoms with Crippen LogP contribution in [0.25, 0.3) is 54.4 Å². The quantitative estimate of drug-likeness (QED) is 0.153. The predicted octanol–water partition coefficient (Wildman–Crippen LogP) is 9.56. The van der Waals surface area contributed by atoms with Crippen molar-refractivity contribution in [1.82, 2.24) is 0 Å². The van der Waals surface area contributed by atoms with E-state index in [9.17, 15) is 47.4 Å². The number of halogens is 8. The molecule has 0 saturated carbocycles. The van der Waals surface area contributed by atoms with Crippen LogP contribution in [0.5, 0.6) is 11.5 Å². The molecular weight excluding hydrogens is 676 g/mol. The lowest BCUT2D eigenvalue weighted by Gasteiger charge is -2.23. The lowest BCUT2D eigenvalue weighted by atomic mass is 9.79. The van der Waals surface area contributed by atoms with E-state index < -0.39 is 103 Å². The smallest absolute Gasteiger partial charge is 0.406 e. The molecule has 0 heterocycles. The normalized spacial score (nSPS) is 14.3. The number of fused-ring (bicyclic) bond motifs is 2. The molecular formula is C34H8F8N6O2. The predicted molar refractivity (Wildman–Crippen MR) is 156 cm³/mol. The van der Waals surface area contributed by atoms with Crippen molar-refractivity contribution in [2.75, 3.05) is 0 Å². The fourth-order valence-corrected chi connectivity index (χ4v) is 5.63. The van der Waals surface area contributed by atoms with Gasteiger partial charge < -0.3 is 9.47 Å². The Morgan fingerprint density at radius 3 is 1.56 bits per heavy atom. The van der Waals surface area contributed by atoms with Crippen molar-refractivity contribution in [3.8, 4) is 58.0 Å². The highest BCUT2D eigenvalue weighted by molar-refractivity contribution is 6.20. The zero-order valence-electron chi connectivity index (χ0n) is 24.1. The summed E-state index contributed by atoms with van der Waals surface area (Å²) in [7, 11) is 0. The van der Waals surface area contributed by atoms with Gasteiger partial charge in [0.05, 0.1) is 24.8 Å². The van der Waals surface area contributed by atoms with Crippen LogP contribution in [0, 0.1) is 58.5 Å². The summed E-state index contributed by atoms with van der Waals surface area (Å²) in [4.78, 5) is 6.19. The first kappa shape index (κ1) is 33.9. The van der Waals surface area contributed by atoms with Crippen molar-refractivity contribution in [3.63, 3.8) is 0 Å². The molecule has 0 aliphatic heterocycles. The summed E-state index contributed by atoms with van der Waals surface area (Å²) in [6.45, 7) is 15.3. The van der Waals surface area contributed by atoms with Crippen LogP contribution in [-0.4, -0.2) is 12.7 Å². The summed E-state index contributed by atoms with van der Waals surface area (Å²) in [5.74, 6) is -4.80. The maximum atomic E-state index is 16.4. The minimum Gasteiger partial charge on any atom is -0.406 e. The highest BCUT2D eigenvalue weighted by Crippen LogP contribution is 2.60. The average molecular weight is 684 g/mol. The van der Waals surface area contributed by atoms with Crippen LogP contribution in [0.15, 0.2) is 71.5 Å². The monoisotopic (exact) mass is 684 g/mol.